The molecule has 1 atom stereocenters. The summed E-state index contributed by atoms with van der Waals surface area (Å²) in [5.41, 5.74) is 0.850. The van der Waals surface area contributed by atoms with E-state index < -0.39 is 6.17 Å². The molecule has 0 rings (SSSR count). The predicted molar refractivity (Wildman–Crippen MR) is 29.7 cm³/mol. The maximum Gasteiger partial charge on any atom is 0.104 e. The molecule has 0 saturated heterocycles. The van der Waals surface area contributed by atoms with Gasteiger partial charge in [-0.15, -0.1) is 6.58 Å². The van der Waals surface area contributed by atoms with Crippen LogP contribution in [0.15, 0.2) is 12.2 Å². The molecule has 1 heteroatoms. The number of alkyl halides is 1. The van der Waals surface area contributed by atoms with Crippen molar-refractivity contribution in [2.45, 2.75) is 19.5 Å². The van der Waals surface area contributed by atoms with Crippen molar-refractivity contribution < 1.29 is 4.39 Å². The Bertz CT molecular complexity index is 64.6. The summed E-state index contributed by atoms with van der Waals surface area (Å²) in [6.07, 6.45) is -0.586. The second kappa shape index (κ2) is 2.78. The van der Waals surface area contributed by atoms with E-state index in [-0.39, 0.29) is 0 Å². The van der Waals surface area contributed by atoms with Crippen LogP contribution >= 0.6 is 0 Å². The molecule has 0 fully saturated rings. The zero-order valence-electron chi connectivity index (χ0n) is 4.58. The van der Waals surface area contributed by atoms with Gasteiger partial charge in [0.1, 0.15) is 6.17 Å². The van der Waals surface area contributed by atoms with Gasteiger partial charge >= 0.3 is 0 Å². The number of hydrogen-bond acceptors (Lipinski definition) is 0. The Kier molecular flexibility index (Phi) is 2.65. The SMILES string of the molecule is [CH2]C(F)CC(=C)C. The van der Waals surface area contributed by atoms with Gasteiger partial charge in [0.05, 0.1) is 0 Å². The minimum absolute atomic E-state index is 0.389. The van der Waals surface area contributed by atoms with E-state index in [4.69, 9.17) is 0 Å². The van der Waals surface area contributed by atoms with Gasteiger partial charge in [0.2, 0.25) is 0 Å². The standard InChI is InChI=1S/C6H10F/c1-5(2)4-6(3)7/h6H,1,3-4H2,2H3. The number of hydrogen-bond donors (Lipinski definition) is 0. The number of rotatable bonds is 2. The van der Waals surface area contributed by atoms with Crippen LogP contribution in [0.25, 0.3) is 0 Å². The van der Waals surface area contributed by atoms with Gasteiger partial charge in [-0.3, -0.25) is 0 Å². The molecule has 0 aromatic heterocycles. The zero-order valence-corrected chi connectivity index (χ0v) is 4.58. The molecule has 0 amide bonds. The second-order valence-corrected chi connectivity index (χ2v) is 1.76. The maximum atomic E-state index is 11.8. The Morgan fingerprint density at radius 1 is 1.86 bits per heavy atom. The molecule has 0 N–H and O–H groups in total. The summed E-state index contributed by atoms with van der Waals surface area (Å²) >= 11 is 0. The van der Waals surface area contributed by atoms with Gasteiger partial charge in [0, 0.05) is 0 Å². The Morgan fingerprint density at radius 3 is 2.29 bits per heavy atom. The van der Waals surface area contributed by atoms with Crippen LogP contribution in [0.3, 0.4) is 0 Å². The van der Waals surface area contributed by atoms with Crippen molar-refractivity contribution in [3.05, 3.63) is 19.1 Å². The highest BCUT2D eigenvalue weighted by Crippen LogP contribution is 2.02. The lowest BCUT2D eigenvalue weighted by Crippen LogP contribution is -1.91. The van der Waals surface area contributed by atoms with Crippen LogP contribution in [0.2, 0.25) is 0 Å². The van der Waals surface area contributed by atoms with Gasteiger partial charge in [-0.2, -0.15) is 0 Å². The van der Waals surface area contributed by atoms with E-state index in [1.165, 1.54) is 0 Å². The Balaban J connectivity index is 3.13. The van der Waals surface area contributed by atoms with Crippen molar-refractivity contribution in [1.29, 1.82) is 0 Å². The molecule has 0 aromatic rings. The van der Waals surface area contributed by atoms with E-state index in [0.29, 0.717) is 6.42 Å². The lowest BCUT2D eigenvalue weighted by atomic mass is 10.2. The van der Waals surface area contributed by atoms with E-state index in [2.05, 4.69) is 13.5 Å². The molecular formula is C6H10F. The molecule has 0 aliphatic heterocycles. The molecule has 7 heavy (non-hydrogen) atoms. The first kappa shape index (κ1) is 6.67. The first-order valence-corrected chi connectivity index (χ1v) is 2.24. The number of halogens is 1. The van der Waals surface area contributed by atoms with Crippen LogP contribution < -0.4 is 0 Å². The summed E-state index contributed by atoms with van der Waals surface area (Å²) in [5.74, 6) is 0. The first-order valence-electron chi connectivity index (χ1n) is 2.24. The molecule has 0 aliphatic carbocycles. The average Bonchev–Trinajstić information content (AvgIpc) is 1.27. The van der Waals surface area contributed by atoms with Crippen LogP contribution in [0.4, 0.5) is 4.39 Å². The topological polar surface area (TPSA) is 0 Å². The fourth-order valence-corrected chi connectivity index (χ4v) is 0.378. The van der Waals surface area contributed by atoms with Crippen molar-refractivity contribution in [3.8, 4) is 0 Å². The molecule has 0 bridgehead atoms. The monoisotopic (exact) mass is 101 g/mol. The summed E-state index contributed by atoms with van der Waals surface area (Å²) in [4.78, 5) is 0. The summed E-state index contributed by atoms with van der Waals surface area (Å²) in [7, 11) is 0. The molecule has 0 nitrogen and oxygen atoms in total. The highest BCUT2D eigenvalue weighted by molar-refractivity contribution is 4.90. The molecule has 0 aromatic carbocycles. The van der Waals surface area contributed by atoms with Gasteiger partial charge in [-0.05, 0) is 20.3 Å². The average molecular weight is 101 g/mol. The zero-order chi connectivity index (χ0) is 5.86. The van der Waals surface area contributed by atoms with Gasteiger partial charge in [0.25, 0.3) is 0 Å². The third kappa shape index (κ3) is 5.67. The summed E-state index contributed by atoms with van der Waals surface area (Å²) in [6, 6.07) is 0. The van der Waals surface area contributed by atoms with Gasteiger partial charge in [-0.25, -0.2) is 4.39 Å². The summed E-state index contributed by atoms with van der Waals surface area (Å²) < 4.78 is 11.8. The van der Waals surface area contributed by atoms with E-state index in [9.17, 15) is 4.39 Å². The smallest absolute Gasteiger partial charge is 0.104 e. The molecule has 0 heterocycles. The quantitative estimate of drug-likeness (QED) is 0.467. The lowest BCUT2D eigenvalue weighted by molar-refractivity contribution is 0.395. The van der Waals surface area contributed by atoms with E-state index in [1.54, 1.807) is 6.92 Å². The Hall–Kier alpha value is -0.330. The van der Waals surface area contributed by atoms with E-state index >= 15 is 0 Å². The van der Waals surface area contributed by atoms with Crippen molar-refractivity contribution >= 4 is 0 Å². The Morgan fingerprint density at radius 2 is 2.29 bits per heavy atom. The molecular weight excluding hydrogens is 91.1 g/mol. The van der Waals surface area contributed by atoms with Gasteiger partial charge < -0.3 is 0 Å². The van der Waals surface area contributed by atoms with Crippen molar-refractivity contribution in [2.75, 3.05) is 0 Å². The maximum absolute atomic E-state index is 11.8. The molecule has 0 saturated carbocycles. The lowest BCUT2D eigenvalue weighted by Gasteiger charge is -1.96. The summed E-state index contributed by atoms with van der Waals surface area (Å²) in [5, 5.41) is 0. The van der Waals surface area contributed by atoms with Crippen molar-refractivity contribution in [3.63, 3.8) is 0 Å². The van der Waals surface area contributed by atoms with Crippen molar-refractivity contribution in [2.24, 2.45) is 0 Å². The van der Waals surface area contributed by atoms with Crippen LogP contribution in [0, 0.1) is 6.92 Å². The number of allylic oxidation sites excluding steroid dienone is 1. The van der Waals surface area contributed by atoms with Crippen LogP contribution in [-0.2, 0) is 0 Å². The van der Waals surface area contributed by atoms with E-state index in [0.717, 1.165) is 5.57 Å². The van der Waals surface area contributed by atoms with Crippen LogP contribution in [-0.4, -0.2) is 6.17 Å². The minimum Gasteiger partial charge on any atom is -0.247 e. The molecule has 1 radical (unpaired) electrons. The van der Waals surface area contributed by atoms with E-state index in [1.807, 2.05) is 0 Å². The summed E-state index contributed by atoms with van der Waals surface area (Å²) in [6.45, 7) is 8.46. The van der Waals surface area contributed by atoms with Gasteiger partial charge in [0.15, 0.2) is 0 Å². The third-order valence-electron chi connectivity index (χ3n) is 0.570. The highest BCUT2D eigenvalue weighted by Gasteiger charge is 1.94. The van der Waals surface area contributed by atoms with Crippen LogP contribution in [0.1, 0.15) is 13.3 Å². The predicted octanol–water partition coefficient (Wildman–Crippen LogP) is 2.12. The molecule has 1 unspecified atom stereocenters. The Labute approximate surface area is 44.0 Å². The minimum atomic E-state index is -0.975. The molecule has 0 aliphatic rings. The highest BCUT2D eigenvalue weighted by atomic mass is 19.1. The molecule has 41 valence electrons. The van der Waals surface area contributed by atoms with Gasteiger partial charge in [-0.1, -0.05) is 5.57 Å². The normalized spacial score (nSPS) is 13.6. The third-order valence-corrected chi connectivity index (χ3v) is 0.570. The second-order valence-electron chi connectivity index (χ2n) is 1.76. The molecule has 0 spiro atoms. The largest absolute Gasteiger partial charge is 0.247 e. The fourth-order valence-electron chi connectivity index (χ4n) is 0.378. The van der Waals surface area contributed by atoms with Crippen LogP contribution in [0.5, 0.6) is 0 Å². The van der Waals surface area contributed by atoms with Crippen molar-refractivity contribution in [1.82, 2.24) is 0 Å². The fraction of sp³-hybridized carbons (Fsp3) is 0.500. The first-order chi connectivity index (χ1) is 3.13.